The first-order chi connectivity index (χ1) is 19.9. The van der Waals surface area contributed by atoms with Gasteiger partial charge in [-0.15, -0.1) is 0 Å². The molecule has 2 aromatic carbocycles. The first-order valence-electron chi connectivity index (χ1n) is 12.6. The number of hydrogen-bond acceptors (Lipinski definition) is 16. The molecule has 3 aromatic rings. The first-order valence-corrected chi connectivity index (χ1v) is 12.6. The molecule has 2 saturated heterocycles. The van der Waals surface area contributed by atoms with Gasteiger partial charge in [-0.1, -0.05) is 0 Å². The Labute approximate surface area is 235 Å². The van der Waals surface area contributed by atoms with Crippen LogP contribution in [0.25, 0.3) is 22.3 Å². The summed E-state index contributed by atoms with van der Waals surface area (Å²) in [5, 5.41) is 101. The SMILES string of the molecule is O=c1c(O)c(-c2ccc(O)c(O)c2)oc2cc(O[C@@H]3O[C@H](CO[C@@H]4OC[C@H](O)[C@H](O)[C@H]4O)[C@@H](O)[C@H](O)[C@H]3O)cc(O)c12. The van der Waals surface area contributed by atoms with Crippen LogP contribution in [0.15, 0.2) is 39.5 Å². The lowest BCUT2D eigenvalue weighted by molar-refractivity contribution is -0.307. The molecule has 2 aliphatic heterocycles. The van der Waals surface area contributed by atoms with Gasteiger partial charge >= 0.3 is 0 Å². The molecule has 228 valence electrons. The van der Waals surface area contributed by atoms with Crippen LogP contribution >= 0.6 is 0 Å². The molecule has 16 heteroatoms. The van der Waals surface area contributed by atoms with Crippen LogP contribution in [0.5, 0.6) is 28.7 Å². The Kier molecular flexibility index (Phi) is 8.17. The Morgan fingerprint density at radius 3 is 2.21 bits per heavy atom. The minimum atomic E-state index is -1.83. The number of phenolic OH excluding ortho intramolecular Hbond substituents is 3. The Morgan fingerprint density at radius 2 is 1.50 bits per heavy atom. The van der Waals surface area contributed by atoms with Crippen LogP contribution in [0, 0.1) is 0 Å². The Balaban J connectivity index is 1.39. The summed E-state index contributed by atoms with van der Waals surface area (Å²) < 4.78 is 27.2. The molecule has 0 spiro atoms. The Hall–Kier alpha value is -3.71. The van der Waals surface area contributed by atoms with Gasteiger partial charge in [0.2, 0.25) is 17.5 Å². The number of aromatic hydroxyl groups is 4. The van der Waals surface area contributed by atoms with E-state index in [1.165, 1.54) is 6.07 Å². The van der Waals surface area contributed by atoms with E-state index >= 15 is 0 Å². The monoisotopic (exact) mass is 596 g/mol. The van der Waals surface area contributed by atoms with Crippen LogP contribution in [0.2, 0.25) is 0 Å². The molecule has 0 radical (unpaired) electrons. The topological polar surface area (TPSA) is 269 Å². The summed E-state index contributed by atoms with van der Waals surface area (Å²) in [5.74, 6) is -3.26. The van der Waals surface area contributed by atoms with Crippen LogP contribution in [-0.2, 0) is 14.2 Å². The second-order valence-electron chi connectivity index (χ2n) is 9.84. The largest absolute Gasteiger partial charge is 0.507 e. The molecule has 0 saturated carbocycles. The summed E-state index contributed by atoms with van der Waals surface area (Å²) in [6.45, 7) is -0.881. The van der Waals surface area contributed by atoms with Crippen molar-refractivity contribution >= 4 is 11.0 Å². The number of ether oxygens (including phenoxy) is 4. The molecule has 1 aromatic heterocycles. The number of rotatable bonds is 6. The van der Waals surface area contributed by atoms with Gasteiger partial charge in [-0.3, -0.25) is 4.79 Å². The zero-order valence-electron chi connectivity index (χ0n) is 21.4. The van der Waals surface area contributed by atoms with E-state index in [-0.39, 0.29) is 23.5 Å². The van der Waals surface area contributed by atoms with Gasteiger partial charge in [-0.2, -0.15) is 0 Å². The average Bonchev–Trinajstić information content (AvgIpc) is 2.95. The number of phenols is 3. The highest BCUT2D eigenvalue weighted by Gasteiger charge is 2.46. The van der Waals surface area contributed by atoms with E-state index < -0.39 is 101 Å². The summed E-state index contributed by atoms with van der Waals surface area (Å²) >= 11 is 0. The van der Waals surface area contributed by atoms with Crippen LogP contribution < -0.4 is 10.2 Å². The van der Waals surface area contributed by atoms with Gasteiger partial charge in [-0.05, 0) is 18.2 Å². The highest BCUT2D eigenvalue weighted by atomic mass is 16.7. The fourth-order valence-electron chi connectivity index (χ4n) is 4.59. The summed E-state index contributed by atoms with van der Waals surface area (Å²) in [4.78, 5) is 12.8. The highest BCUT2D eigenvalue weighted by molar-refractivity contribution is 5.88. The van der Waals surface area contributed by atoms with Crippen molar-refractivity contribution in [3.63, 3.8) is 0 Å². The normalized spacial score (nSPS) is 31.7. The minimum absolute atomic E-state index is 0.00712. The molecule has 16 nitrogen and oxygen atoms in total. The zero-order valence-corrected chi connectivity index (χ0v) is 21.4. The molecule has 9 atom stereocenters. The third-order valence-corrected chi connectivity index (χ3v) is 6.96. The molecule has 0 unspecified atom stereocenters. The average molecular weight is 596 g/mol. The van der Waals surface area contributed by atoms with E-state index in [1.807, 2.05) is 0 Å². The first kappa shape index (κ1) is 29.8. The second-order valence-corrected chi connectivity index (χ2v) is 9.84. The number of benzene rings is 2. The fraction of sp³-hybridized carbons (Fsp3) is 0.423. The third-order valence-electron chi connectivity index (χ3n) is 6.96. The van der Waals surface area contributed by atoms with E-state index in [1.54, 1.807) is 0 Å². The van der Waals surface area contributed by atoms with Gasteiger partial charge < -0.3 is 74.4 Å². The van der Waals surface area contributed by atoms with Gasteiger partial charge in [0, 0.05) is 17.7 Å². The van der Waals surface area contributed by atoms with E-state index in [2.05, 4.69) is 0 Å². The van der Waals surface area contributed by atoms with Crippen molar-refractivity contribution in [2.75, 3.05) is 13.2 Å². The molecule has 42 heavy (non-hydrogen) atoms. The fourth-order valence-corrected chi connectivity index (χ4v) is 4.59. The zero-order chi connectivity index (χ0) is 30.5. The lowest BCUT2D eigenvalue weighted by Gasteiger charge is -2.41. The van der Waals surface area contributed by atoms with Gasteiger partial charge in [-0.25, -0.2) is 0 Å². The molecule has 0 bridgehead atoms. The molecule has 2 fully saturated rings. The molecule has 2 aliphatic rings. The van der Waals surface area contributed by atoms with E-state index in [4.69, 9.17) is 23.4 Å². The van der Waals surface area contributed by atoms with Crippen molar-refractivity contribution in [2.45, 2.75) is 55.3 Å². The van der Waals surface area contributed by atoms with Crippen molar-refractivity contribution in [3.8, 4) is 40.1 Å². The summed E-state index contributed by atoms with van der Waals surface area (Å²) in [7, 11) is 0. The maximum atomic E-state index is 12.8. The van der Waals surface area contributed by atoms with Crippen LogP contribution in [-0.4, -0.2) is 120 Å². The molecular weight excluding hydrogens is 568 g/mol. The molecule has 10 N–H and O–H groups in total. The number of aliphatic hydroxyl groups excluding tert-OH is 6. The van der Waals surface area contributed by atoms with Crippen molar-refractivity contribution in [3.05, 3.63) is 40.6 Å². The van der Waals surface area contributed by atoms with E-state index in [0.717, 1.165) is 24.3 Å². The molecule has 0 amide bonds. The number of hydrogen-bond donors (Lipinski definition) is 10. The van der Waals surface area contributed by atoms with E-state index in [9.17, 15) is 55.9 Å². The number of fused-ring (bicyclic) bond motifs is 1. The van der Waals surface area contributed by atoms with Crippen molar-refractivity contribution in [2.24, 2.45) is 0 Å². The number of aliphatic hydroxyl groups is 6. The second kappa shape index (κ2) is 11.5. The van der Waals surface area contributed by atoms with Crippen molar-refractivity contribution in [1.29, 1.82) is 0 Å². The molecular formula is C26H28O16. The van der Waals surface area contributed by atoms with Gasteiger partial charge in [0.25, 0.3) is 0 Å². The summed E-state index contributed by atoms with van der Waals surface area (Å²) in [6, 6.07) is 5.43. The predicted molar refractivity (Wildman–Crippen MR) is 136 cm³/mol. The molecule has 3 heterocycles. The van der Waals surface area contributed by atoms with Crippen LogP contribution in [0.1, 0.15) is 0 Å². The highest BCUT2D eigenvalue weighted by Crippen LogP contribution is 2.38. The van der Waals surface area contributed by atoms with Crippen molar-refractivity contribution < 1.29 is 74.4 Å². The van der Waals surface area contributed by atoms with Crippen LogP contribution in [0.4, 0.5) is 0 Å². The third kappa shape index (κ3) is 5.42. The molecule has 0 aliphatic carbocycles. The maximum Gasteiger partial charge on any atom is 0.238 e. The molecule has 5 rings (SSSR count). The van der Waals surface area contributed by atoms with Gasteiger partial charge in [0.15, 0.2) is 23.5 Å². The lowest BCUT2D eigenvalue weighted by atomic mass is 9.99. The van der Waals surface area contributed by atoms with Gasteiger partial charge in [0.1, 0.15) is 65.2 Å². The lowest BCUT2D eigenvalue weighted by Crippen LogP contribution is -2.61. The maximum absolute atomic E-state index is 12.8. The predicted octanol–water partition coefficient (Wildman–Crippen LogP) is -2.08. The summed E-state index contributed by atoms with van der Waals surface area (Å²) in [6.07, 6.45) is -14.4. The van der Waals surface area contributed by atoms with Crippen LogP contribution in [0.3, 0.4) is 0 Å². The van der Waals surface area contributed by atoms with Gasteiger partial charge in [0.05, 0.1) is 13.2 Å². The standard InChI is InChI=1S/C26H28O16/c27-10-2-1-8(3-11(10)28)24-21(35)19(33)16-12(29)4-9(5-14(16)41-24)40-26-23(37)20(34)18(32)15(42-26)7-39-25-22(36)17(31)13(30)6-38-25/h1-5,13,15,17-18,20,22-23,25-32,34-37H,6-7H2/t13-,15+,17-,18+,20-,22+,23+,25-,26+/m0/s1. The Bertz CT molecular complexity index is 1510. The van der Waals surface area contributed by atoms with Crippen molar-refractivity contribution in [1.82, 2.24) is 0 Å². The van der Waals surface area contributed by atoms with E-state index in [0.29, 0.717) is 0 Å². The quantitative estimate of drug-likeness (QED) is 0.137. The summed E-state index contributed by atoms with van der Waals surface area (Å²) in [5.41, 5.74) is -1.32. The minimum Gasteiger partial charge on any atom is -0.507 e. The smallest absolute Gasteiger partial charge is 0.238 e. The Morgan fingerprint density at radius 1 is 0.786 bits per heavy atom.